The van der Waals surface area contributed by atoms with Crippen LogP contribution < -0.4 is 5.32 Å². The molecule has 4 nitrogen and oxygen atoms in total. The van der Waals surface area contributed by atoms with Gasteiger partial charge in [-0.2, -0.15) is 4.98 Å². The van der Waals surface area contributed by atoms with Gasteiger partial charge in [-0.25, -0.2) is 0 Å². The number of rotatable bonds is 5. The van der Waals surface area contributed by atoms with Crippen LogP contribution in [-0.2, 0) is 11.8 Å². The van der Waals surface area contributed by atoms with Gasteiger partial charge in [0, 0.05) is 13.0 Å². The summed E-state index contributed by atoms with van der Waals surface area (Å²) >= 11 is 0. The Morgan fingerprint density at radius 2 is 2.19 bits per heavy atom. The van der Waals surface area contributed by atoms with E-state index in [9.17, 15) is 0 Å². The Morgan fingerprint density at radius 3 is 2.90 bits per heavy atom. The molecule has 0 saturated carbocycles. The van der Waals surface area contributed by atoms with Crippen LogP contribution in [0.4, 0.5) is 0 Å². The minimum absolute atomic E-state index is 0.0474. The van der Waals surface area contributed by atoms with E-state index in [0.29, 0.717) is 0 Å². The third kappa shape index (κ3) is 2.86. The summed E-state index contributed by atoms with van der Waals surface area (Å²) in [5.74, 6) is 1.61. The third-order valence-electron chi connectivity index (χ3n) is 4.50. The molecule has 1 fully saturated rings. The summed E-state index contributed by atoms with van der Waals surface area (Å²) in [6, 6.07) is 8.36. The molecule has 1 unspecified atom stereocenters. The molecule has 0 radical (unpaired) electrons. The van der Waals surface area contributed by atoms with Crippen molar-refractivity contribution in [2.45, 2.75) is 44.9 Å². The molecule has 112 valence electrons. The number of hydrogen-bond acceptors (Lipinski definition) is 4. The fourth-order valence-electron chi connectivity index (χ4n) is 3.25. The standard InChI is InChI=1S/C17H23N3O/c1-3-8-17(9-10-18-12-17)16-19-15(20-21-16)11-14-7-5-4-6-13(14)2/h4-7,18H,3,8-12H2,1-2H3. The molecule has 21 heavy (non-hydrogen) atoms. The van der Waals surface area contributed by atoms with Gasteiger partial charge >= 0.3 is 0 Å². The molecule has 1 aliphatic rings. The summed E-state index contributed by atoms with van der Waals surface area (Å²) in [6.45, 7) is 6.32. The molecule has 2 heterocycles. The van der Waals surface area contributed by atoms with Crippen LogP contribution in [0.1, 0.15) is 49.0 Å². The molecule has 0 bridgehead atoms. The summed E-state index contributed by atoms with van der Waals surface area (Å²) in [6.07, 6.45) is 4.07. The smallest absolute Gasteiger partial charge is 0.234 e. The summed E-state index contributed by atoms with van der Waals surface area (Å²) < 4.78 is 5.62. The molecule has 1 atom stereocenters. The quantitative estimate of drug-likeness (QED) is 0.917. The van der Waals surface area contributed by atoms with Crippen LogP contribution in [0.25, 0.3) is 0 Å². The first-order chi connectivity index (χ1) is 10.2. The summed E-state index contributed by atoms with van der Waals surface area (Å²) in [5.41, 5.74) is 2.58. The molecule has 1 N–H and O–H groups in total. The lowest BCUT2D eigenvalue weighted by atomic mass is 9.82. The second kappa shape index (κ2) is 5.98. The van der Waals surface area contributed by atoms with Crippen LogP contribution in [0, 0.1) is 6.92 Å². The molecule has 1 aromatic heterocycles. The van der Waals surface area contributed by atoms with Gasteiger partial charge in [0.1, 0.15) is 0 Å². The number of nitrogens with zero attached hydrogens (tertiary/aromatic N) is 2. The summed E-state index contributed by atoms with van der Waals surface area (Å²) in [4.78, 5) is 4.70. The average molecular weight is 285 g/mol. The monoisotopic (exact) mass is 285 g/mol. The van der Waals surface area contributed by atoms with E-state index in [-0.39, 0.29) is 5.41 Å². The zero-order valence-electron chi connectivity index (χ0n) is 12.9. The molecular formula is C17H23N3O. The van der Waals surface area contributed by atoms with Crippen LogP contribution in [0.2, 0.25) is 0 Å². The van der Waals surface area contributed by atoms with Crippen molar-refractivity contribution in [3.05, 3.63) is 47.1 Å². The van der Waals surface area contributed by atoms with Crippen molar-refractivity contribution in [1.82, 2.24) is 15.5 Å². The fraction of sp³-hybridized carbons (Fsp3) is 0.529. The van der Waals surface area contributed by atoms with Crippen LogP contribution in [0.3, 0.4) is 0 Å². The minimum Gasteiger partial charge on any atom is -0.339 e. The number of aryl methyl sites for hydroxylation is 1. The van der Waals surface area contributed by atoms with E-state index in [1.165, 1.54) is 11.1 Å². The van der Waals surface area contributed by atoms with E-state index in [1.54, 1.807) is 0 Å². The van der Waals surface area contributed by atoms with Crippen molar-refractivity contribution in [2.24, 2.45) is 0 Å². The van der Waals surface area contributed by atoms with Crippen molar-refractivity contribution in [3.8, 4) is 0 Å². The zero-order chi connectivity index (χ0) is 14.7. The van der Waals surface area contributed by atoms with Crippen molar-refractivity contribution in [2.75, 3.05) is 13.1 Å². The third-order valence-corrected chi connectivity index (χ3v) is 4.50. The first-order valence-electron chi connectivity index (χ1n) is 7.82. The highest BCUT2D eigenvalue weighted by Crippen LogP contribution is 2.34. The lowest BCUT2D eigenvalue weighted by Gasteiger charge is -2.22. The Hall–Kier alpha value is -1.68. The van der Waals surface area contributed by atoms with Gasteiger partial charge in [-0.1, -0.05) is 42.8 Å². The lowest BCUT2D eigenvalue weighted by Crippen LogP contribution is -2.29. The first kappa shape index (κ1) is 14.3. The van der Waals surface area contributed by atoms with Crippen molar-refractivity contribution in [1.29, 1.82) is 0 Å². The highest BCUT2D eigenvalue weighted by Gasteiger charge is 2.39. The largest absolute Gasteiger partial charge is 0.339 e. The van der Waals surface area contributed by atoms with E-state index in [4.69, 9.17) is 9.51 Å². The molecule has 1 saturated heterocycles. The van der Waals surface area contributed by atoms with Crippen LogP contribution in [-0.4, -0.2) is 23.2 Å². The van der Waals surface area contributed by atoms with E-state index >= 15 is 0 Å². The number of nitrogens with one attached hydrogen (secondary N) is 1. The SMILES string of the molecule is CCCC1(c2nc(Cc3ccccc3C)no2)CCNC1. The van der Waals surface area contributed by atoms with Crippen molar-refractivity contribution >= 4 is 0 Å². The van der Waals surface area contributed by atoms with Crippen molar-refractivity contribution < 1.29 is 4.52 Å². The zero-order valence-corrected chi connectivity index (χ0v) is 12.9. The second-order valence-corrected chi connectivity index (χ2v) is 6.08. The normalized spacial score (nSPS) is 21.8. The fourth-order valence-corrected chi connectivity index (χ4v) is 3.25. The Kier molecular flexibility index (Phi) is 4.06. The maximum absolute atomic E-state index is 5.62. The average Bonchev–Trinajstić information content (AvgIpc) is 3.12. The Bertz CT molecular complexity index is 600. The van der Waals surface area contributed by atoms with E-state index in [2.05, 4.69) is 48.6 Å². The van der Waals surface area contributed by atoms with Gasteiger partial charge in [-0.05, 0) is 37.4 Å². The van der Waals surface area contributed by atoms with E-state index in [0.717, 1.165) is 50.5 Å². The van der Waals surface area contributed by atoms with Crippen LogP contribution >= 0.6 is 0 Å². The Labute approximate surface area is 126 Å². The highest BCUT2D eigenvalue weighted by atomic mass is 16.5. The van der Waals surface area contributed by atoms with Gasteiger partial charge < -0.3 is 9.84 Å². The molecular weight excluding hydrogens is 262 g/mol. The number of hydrogen-bond donors (Lipinski definition) is 1. The van der Waals surface area contributed by atoms with E-state index < -0.39 is 0 Å². The second-order valence-electron chi connectivity index (χ2n) is 6.08. The molecule has 3 rings (SSSR count). The molecule has 0 spiro atoms. The summed E-state index contributed by atoms with van der Waals surface area (Å²) in [7, 11) is 0. The highest BCUT2D eigenvalue weighted by molar-refractivity contribution is 5.28. The van der Waals surface area contributed by atoms with Gasteiger partial charge in [0.15, 0.2) is 5.82 Å². The van der Waals surface area contributed by atoms with Crippen molar-refractivity contribution in [3.63, 3.8) is 0 Å². The van der Waals surface area contributed by atoms with Gasteiger partial charge in [-0.3, -0.25) is 0 Å². The predicted octanol–water partition coefficient (Wildman–Crippen LogP) is 3.00. The van der Waals surface area contributed by atoms with Gasteiger partial charge in [0.2, 0.25) is 5.89 Å². The number of aromatic nitrogens is 2. The number of benzene rings is 1. The Morgan fingerprint density at radius 1 is 1.33 bits per heavy atom. The maximum atomic E-state index is 5.62. The molecule has 0 amide bonds. The molecule has 2 aromatic rings. The van der Waals surface area contributed by atoms with Gasteiger partial charge in [0.25, 0.3) is 0 Å². The van der Waals surface area contributed by atoms with Crippen LogP contribution in [0.15, 0.2) is 28.8 Å². The maximum Gasteiger partial charge on any atom is 0.234 e. The van der Waals surface area contributed by atoms with Crippen LogP contribution in [0.5, 0.6) is 0 Å². The van der Waals surface area contributed by atoms with Gasteiger partial charge in [0.05, 0.1) is 5.41 Å². The lowest BCUT2D eigenvalue weighted by molar-refractivity contribution is 0.276. The molecule has 4 heteroatoms. The van der Waals surface area contributed by atoms with Gasteiger partial charge in [-0.15, -0.1) is 0 Å². The topological polar surface area (TPSA) is 51.0 Å². The molecule has 1 aliphatic heterocycles. The van der Waals surface area contributed by atoms with E-state index in [1.807, 2.05) is 0 Å². The Balaban J connectivity index is 1.81. The summed E-state index contributed by atoms with van der Waals surface area (Å²) in [5, 5.41) is 7.65. The molecule has 0 aliphatic carbocycles. The minimum atomic E-state index is 0.0474. The first-order valence-corrected chi connectivity index (χ1v) is 7.82. The predicted molar refractivity (Wildman–Crippen MR) is 82.4 cm³/mol. The molecule has 1 aromatic carbocycles.